The molecular weight excluding hydrogens is 362 g/mol. The highest BCUT2D eigenvalue weighted by atomic mass is 16.6. The van der Waals surface area contributed by atoms with Crippen LogP contribution in [0, 0.1) is 17.0 Å². The molecule has 0 aliphatic carbocycles. The number of nitrogens with zero attached hydrogens (tertiary/aromatic N) is 2. The van der Waals surface area contributed by atoms with Gasteiger partial charge < -0.3 is 19.7 Å². The number of ether oxygens (including phenoxy) is 2. The van der Waals surface area contributed by atoms with Gasteiger partial charge in [-0.25, -0.2) is 0 Å². The lowest BCUT2D eigenvalue weighted by molar-refractivity contribution is -0.384. The molecule has 1 amide bonds. The van der Waals surface area contributed by atoms with Crippen LogP contribution < -0.4 is 14.8 Å². The average Bonchev–Trinajstić information content (AvgIpc) is 2.68. The molecule has 0 saturated heterocycles. The van der Waals surface area contributed by atoms with E-state index in [0.29, 0.717) is 32.0 Å². The van der Waals surface area contributed by atoms with Crippen molar-refractivity contribution < 1.29 is 19.2 Å². The molecule has 1 heterocycles. The maximum absolute atomic E-state index is 12.3. The van der Waals surface area contributed by atoms with Gasteiger partial charge in [0.15, 0.2) is 11.5 Å². The standard InChI is InChI=1S/C20H23N3O5/c1-14-3-5-16(23(25)26)12-17(14)21-20(24)7-8-22(2)13-15-4-6-18-19(11-15)28-10-9-27-18/h3-6,11-12H,7-10,13H2,1-2H3,(H,21,24). The number of hydrogen-bond acceptors (Lipinski definition) is 6. The molecule has 0 aromatic heterocycles. The van der Waals surface area contributed by atoms with Gasteiger partial charge in [0.1, 0.15) is 13.2 Å². The molecule has 0 atom stereocenters. The first-order valence-corrected chi connectivity index (χ1v) is 9.04. The van der Waals surface area contributed by atoms with Crippen LogP contribution in [0.5, 0.6) is 11.5 Å². The monoisotopic (exact) mass is 385 g/mol. The number of rotatable bonds is 7. The zero-order valence-electron chi connectivity index (χ0n) is 15.9. The molecule has 0 fully saturated rings. The molecule has 3 rings (SSSR count). The van der Waals surface area contributed by atoms with Crippen molar-refractivity contribution in [3.05, 3.63) is 57.6 Å². The number of anilines is 1. The molecule has 28 heavy (non-hydrogen) atoms. The maximum Gasteiger partial charge on any atom is 0.271 e. The molecule has 1 aliphatic rings. The number of fused-ring (bicyclic) bond motifs is 1. The van der Waals surface area contributed by atoms with Crippen molar-refractivity contribution in [3.8, 4) is 11.5 Å². The first-order chi connectivity index (χ1) is 13.4. The van der Waals surface area contributed by atoms with Crippen molar-refractivity contribution in [1.29, 1.82) is 0 Å². The lowest BCUT2D eigenvalue weighted by atomic mass is 10.1. The van der Waals surface area contributed by atoms with E-state index in [-0.39, 0.29) is 18.0 Å². The molecule has 0 radical (unpaired) electrons. The van der Waals surface area contributed by atoms with E-state index in [4.69, 9.17) is 9.47 Å². The molecule has 0 unspecified atom stereocenters. The van der Waals surface area contributed by atoms with Crippen LogP contribution in [0.2, 0.25) is 0 Å². The second-order valence-electron chi connectivity index (χ2n) is 6.77. The number of aryl methyl sites for hydroxylation is 1. The zero-order valence-corrected chi connectivity index (χ0v) is 15.9. The predicted octanol–water partition coefficient (Wildman–Crippen LogP) is 3.14. The second kappa shape index (κ2) is 8.71. The summed E-state index contributed by atoms with van der Waals surface area (Å²) < 4.78 is 11.1. The lowest BCUT2D eigenvalue weighted by Gasteiger charge is -2.21. The largest absolute Gasteiger partial charge is 0.486 e. The summed E-state index contributed by atoms with van der Waals surface area (Å²) in [4.78, 5) is 24.7. The number of amides is 1. The van der Waals surface area contributed by atoms with E-state index in [1.54, 1.807) is 13.0 Å². The summed E-state index contributed by atoms with van der Waals surface area (Å²) in [5.74, 6) is 1.32. The summed E-state index contributed by atoms with van der Waals surface area (Å²) in [7, 11) is 1.93. The van der Waals surface area contributed by atoms with Gasteiger partial charge in [0.25, 0.3) is 5.69 Å². The van der Waals surface area contributed by atoms with Gasteiger partial charge >= 0.3 is 0 Å². The van der Waals surface area contributed by atoms with E-state index >= 15 is 0 Å². The van der Waals surface area contributed by atoms with Gasteiger partial charge in [0.05, 0.1) is 10.6 Å². The van der Waals surface area contributed by atoms with Crippen LogP contribution in [-0.2, 0) is 11.3 Å². The molecule has 0 spiro atoms. The van der Waals surface area contributed by atoms with Gasteiger partial charge in [-0.3, -0.25) is 14.9 Å². The van der Waals surface area contributed by atoms with E-state index in [2.05, 4.69) is 5.32 Å². The number of nitro groups is 1. The van der Waals surface area contributed by atoms with Crippen molar-refractivity contribution in [2.45, 2.75) is 19.9 Å². The minimum atomic E-state index is -0.476. The number of hydrogen-bond donors (Lipinski definition) is 1. The Labute approximate surface area is 163 Å². The third kappa shape index (κ3) is 4.98. The molecule has 0 bridgehead atoms. The van der Waals surface area contributed by atoms with Crippen molar-refractivity contribution in [2.75, 3.05) is 32.1 Å². The first-order valence-electron chi connectivity index (χ1n) is 9.04. The highest BCUT2D eigenvalue weighted by Gasteiger charge is 2.14. The van der Waals surface area contributed by atoms with Crippen LogP contribution >= 0.6 is 0 Å². The molecule has 8 nitrogen and oxygen atoms in total. The van der Waals surface area contributed by atoms with Crippen molar-refractivity contribution >= 4 is 17.3 Å². The number of non-ortho nitro benzene ring substituents is 1. The number of nitro benzene ring substituents is 1. The molecule has 2 aromatic rings. The maximum atomic E-state index is 12.3. The fraction of sp³-hybridized carbons (Fsp3) is 0.350. The Balaban J connectivity index is 1.52. The fourth-order valence-corrected chi connectivity index (χ4v) is 2.94. The quantitative estimate of drug-likeness (QED) is 0.581. The minimum Gasteiger partial charge on any atom is -0.486 e. The van der Waals surface area contributed by atoms with Crippen LogP contribution in [0.25, 0.3) is 0 Å². The average molecular weight is 385 g/mol. The van der Waals surface area contributed by atoms with Crippen LogP contribution in [0.4, 0.5) is 11.4 Å². The minimum absolute atomic E-state index is 0.0448. The Morgan fingerprint density at radius 3 is 2.68 bits per heavy atom. The fourth-order valence-electron chi connectivity index (χ4n) is 2.94. The molecule has 2 aromatic carbocycles. The van der Waals surface area contributed by atoms with E-state index < -0.39 is 4.92 Å². The molecule has 8 heteroatoms. The molecule has 1 aliphatic heterocycles. The van der Waals surface area contributed by atoms with Crippen LogP contribution in [0.1, 0.15) is 17.5 Å². The lowest BCUT2D eigenvalue weighted by Crippen LogP contribution is -2.24. The zero-order chi connectivity index (χ0) is 20.1. The Bertz CT molecular complexity index is 884. The van der Waals surface area contributed by atoms with Crippen molar-refractivity contribution in [2.24, 2.45) is 0 Å². The van der Waals surface area contributed by atoms with Gasteiger partial charge in [0.2, 0.25) is 5.91 Å². The van der Waals surface area contributed by atoms with Crippen molar-refractivity contribution in [3.63, 3.8) is 0 Å². The Kier molecular flexibility index (Phi) is 6.10. The van der Waals surface area contributed by atoms with E-state index in [9.17, 15) is 14.9 Å². The predicted molar refractivity (Wildman–Crippen MR) is 105 cm³/mol. The Morgan fingerprint density at radius 2 is 1.93 bits per heavy atom. The van der Waals surface area contributed by atoms with Crippen LogP contribution in [0.15, 0.2) is 36.4 Å². The van der Waals surface area contributed by atoms with Crippen LogP contribution in [-0.4, -0.2) is 42.5 Å². The summed E-state index contributed by atoms with van der Waals surface area (Å²) in [6, 6.07) is 10.3. The number of carbonyl (C=O) groups is 1. The Hall–Kier alpha value is -3.13. The summed E-state index contributed by atoms with van der Waals surface area (Å²) in [5.41, 5.74) is 2.27. The van der Waals surface area contributed by atoms with Gasteiger partial charge in [-0.1, -0.05) is 12.1 Å². The molecule has 0 saturated carbocycles. The van der Waals surface area contributed by atoms with E-state index in [0.717, 1.165) is 22.6 Å². The number of nitrogens with one attached hydrogen (secondary N) is 1. The number of benzene rings is 2. The SMILES string of the molecule is Cc1ccc([N+](=O)[O-])cc1NC(=O)CCN(C)Cc1ccc2c(c1)OCCO2. The van der Waals surface area contributed by atoms with Gasteiger partial charge in [-0.05, 0) is 37.2 Å². The van der Waals surface area contributed by atoms with E-state index in [1.165, 1.54) is 12.1 Å². The third-order valence-corrected chi connectivity index (χ3v) is 4.49. The van der Waals surface area contributed by atoms with Gasteiger partial charge in [-0.2, -0.15) is 0 Å². The normalized spacial score (nSPS) is 12.7. The highest BCUT2D eigenvalue weighted by molar-refractivity contribution is 5.92. The summed E-state index contributed by atoms with van der Waals surface area (Å²) >= 11 is 0. The second-order valence-corrected chi connectivity index (χ2v) is 6.77. The first kappa shape index (κ1) is 19.6. The molecular formula is C20H23N3O5. The molecule has 148 valence electrons. The summed E-state index contributed by atoms with van der Waals surface area (Å²) in [6.45, 7) is 4.12. The Morgan fingerprint density at radius 1 is 1.18 bits per heavy atom. The van der Waals surface area contributed by atoms with E-state index in [1.807, 2.05) is 30.1 Å². The summed E-state index contributed by atoms with van der Waals surface area (Å²) in [6.07, 6.45) is 0.281. The highest BCUT2D eigenvalue weighted by Crippen LogP contribution is 2.31. The topological polar surface area (TPSA) is 93.9 Å². The van der Waals surface area contributed by atoms with Gasteiger partial charge in [0, 0.05) is 31.6 Å². The van der Waals surface area contributed by atoms with Crippen molar-refractivity contribution in [1.82, 2.24) is 4.90 Å². The molecule has 1 N–H and O–H groups in total. The van der Waals surface area contributed by atoms with Gasteiger partial charge in [-0.15, -0.1) is 0 Å². The number of carbonyl (C=O) groups excluding carboxylic acids is 1. The van der Waals surface area contributed by atoms with Crippen LogP contribution in [0.3, 0.4) is 0 Å². The smallest absolute Gasteiger partial charge is 0.271 e. The summed E-state index contributed by atoms with van der Waals surface area (Å²) in [5, 5.41) is 13.7. The third-order valence-electron chi connectivity index (χ3n) is 4.49.